The molecule has 2 heteroatoms. The fourth-order valence-corrected chi connectivity index (χ4v) is 0.667. The summed E-state index contributed by atoms with van der Waals surface area (Å²) in [5.74, 6) is 0. The van der Waals surface area contributed by atoms with Crippen molar-refractivity contribution in [2.24, 2.45) is 0 Å². The lowest BCUT2D eigenvalue weighted by Crippen LogP contribution is -1.50. The lowest BCUT2D eigenvalue weighted by atomic mass is 10.6. The van der Waals surface area contributed by atoms with Gasteiger partial charge < -0.3 is 0 Å². The van der Waals surface area contributed by atoms with E-state index in [-0.39, 0.29) is 0 Å². The van der Waals surface area contributed by atoms with Crippen LogP contribution in [0.25, 0.3) is 0 Å². The minimum atomic E-state index is 1.19. The van der Waals surface area contributed by atoms with Gasteiger partial charge in [-0.25, -0.2) is 0 Å². The van der Waals surface area contributed by atoms with Gasteiger partial charge in [0.2, 0.25) is 0 Å². The van der Waals surface area contributed by atoms with Gasteiger partial charge in [-0.2, -0.15) is 0 Å². The van der Waals surface area contributed by atoms with E-state index in [9.17, 15) is 0 Å². The molecule has 0 aliphatic carbocycles. The standard InChI is InChI=1S/C4H10Si2/c5-3-1-2-4-6/h1-4H,5-6H3. The second-order valence-corrected chi connectivity index (χ2v) is 2.38. The van der Waals surface area contributed by atoms with Gasteiger partial charge in [-0.15, -0.1) is 11.4 Å². The molecule has 0 nitrogen and oxygen atoms in total. The molecule has 0 atom stereocenters. The highest BCUT2D eigenvalue weighted by Crippen LogP contribution is 1.65. The molecular formula is C4H10Si2. The predicted octanol–water partition coefficient (Wildman–Crippen LogP) is -1.26. The highest BCUT2D eigenvalue weighted by Gasteiger charge is 1.49. The van der Waals surface area contributed by atoms with Crippen LogP contribution in [0.1, 0.15) is 0 Å². The molecule has 0 aliphatic rings. The topological polar surface area (TPSA) is 0 Å². The van der Waals surface area contributed by atoms with Crippen molar-refractivity contribution in [3.05, 3.63) is 23.6 Å². The Morgan fingerprint density at radius 3 is 1.33 bits per heavy atom. The van der Waals surface area contributed by atoms with E-state index in [1.54, 1.807) is 0 Å². The summed E-state index contributed by atoms with van der Waals surface area (Å²) >= 11 is 0. The Bertz CT molecular complexity index is 53.9. The Morgan fingerprint density at radius 1 is 0.833 bits per heavy atom. The summed E-state index contributed by atoms with van der Waals surface area (Å²) in [4.78, 5) is 0. The highest BCUT2D eigenvalue weighted by molar-refractivity contribution is 6.18. The minimum absolute atomic E-state index is 1.19. The van der Waals surface area contributed by atoms with Gasteiger partial charge in [0.25, 0.3) is 0 Å². The Labute approximate surface area is 44.8 Å². The zero-order chi connectivity index (χ0) is 4.83. The van der Waals surface area contributed by atoms with Crippen LogP contribution in [0.2, 0.25) is 0 Å². The summed E-state index contributed by atoms with van der Waals surface area (Å²) in [6.07, 6.45) is 4.19. The molecule has 0 aromatic carbocycles. The zero-order valence-corrected chi connectivity index (χ0v) is 8.31. The van der Waals surface area contributed by atoms with Gasteiger partial charge in [-0.1, -0.05) is 12.2 Å². The van der Waals surface area contributed by atoms with Crippen LogP contribution in [-0.2, 0) is 0 Å². The van der Waals surface area contributed by atoms with E-state index in [1.165, 1.54) is 20.5 Å². The molecule has 0 aromatic heterocycles. The van der Waals surface area contributed by atoms with Gasteiger partial charge in [-0.05, 0) is 0 Å². The van der Waals surface area contributed by atoms with Crippen LogP contribution in [-0.4, -0.2) is 20.5 Å². The Hall–Kier alpha value is -0.0862. The maximum atomic E-state index is 2.16. The zero-order valence-electron chi connectivity index (χ0n) is 4.31. The predicted molar refractivity (Wildman–Crippen MR) is 38.2 cm³/mol. The smallest absolute Gasteiger partial charge is 0.0291 e. The monoisotopic (exact) mass is 114 g/mol. The van der Waals surface area contributed by atoms with Crippen LogP contribution in [0.3, 0.4) is 0 Å². The van der Waals surface area contributed by atoms with Gasteiger partial charge in [0.05, 0.1) is 0 Å². The van der Waals surface area contributed by atoms with Crippen molar-refractivity contribution in [3.8, 4) is 0 Å². The van der Waals surface area contributed by atoms with Gasteiger partial charge in [0.1, 0.15) is 0 Å². The molecule has 0 fully saturated rings. The van der Waals surface area contributed by atoms with Crippen LogP contribution in [0, 0.1) is 0 Å². The number of hydrogen-bond donors (Lipinski definition) is 0. The third-order valence-corrected chi connectivity index (χ3v) is 1.27. The molecular weight excluding hydrogens is 104 g/mol. The molecule has 0 N–H and O–H groups in total. The average molecular weight is 114 g/mol. The molecule has 0 bridgehead atoms. The second kappa shape index (κ2) is 4.91. The van der Waals surface area contributed by atoms with E-state index in [0.29, 0.717) is 0 Å². The molecule has 0 saturated heterocycles. The first kappa shape index (κ1) is 5.91. The SMILES string of the molecule is [SiH3]C=CC=C[SiH3]. The fraction of sp³-hybridized carbons (Fsp3) is 0. The fourth-order valence-electron chi connectivity index (χ4n) is 0.222. The number of hydrogen-bond acceptors (Lipinski definition) is 0. The molecule has 0 amide bonds. The van der Waals surface area contributed by atoms with Crippen molar-refractivity contribution in [1.29, 1.82) is 0 Å². The summed E-state index contributed by atoms with van der Waals surface area (Å²) in [7, 11) is 2.37. The first-order valence-electron chi connectivity index (χ1n) is 2.15. The molecule has 0 heterocycles. The van der Waals surface area contributed by atoms with Crippen LogP contribution in [0.4, 0.5) is 0 Å². The number of rotatable bonds is 1. The molecule has 0 saturated carbocycles. The number of allylic oxidation sites excluding steroid dienone is 2. The van der Waals surface area contributed by atoms with Crippen LogP contribution < -0.4 is 0 Å². The molecule has 0 spiro atoms. The molecule has 0 radical (unpaired) electrons. The molecule has 0 unspecified atom stereocenters. The Balaban J connectivity index is 3.07. The quantitative estimate of drug-likeness (QED) is 0.295. The van der Waals surface area contributed by atoms with E-state index in [0.717, 1.165) is 0 Å². The Kier molecular flexibility index (Phi) is 4.84. The van der Waals surface area contributed by atoms with Gasteiger partial charge in [0.15, 0.2) is 0 Å². The van der Waals surface area contributed by atoms with E-state index in [4.69, 9.17) is 0 Å². The van der Waals surface area contributed by atoms with Gasteiger partial charge in [-0.3, -0.25) is 0 Å². The van der Waals surface area contributed by atoms with E-state index in [2.05, 4.69) is 23.6 Å². The summed E-state index contributed by atoms with van der Waals surface area (Å²) in [5, 5.41) is 0. The third kappa shape index (κ3) is 3.91. The summed E-state index contributed by atoms with van der Waals surface area (Å²) in [6.45, 7) is 0. The lowest BCUT2D eigenvalue weighted by molar-refractivity contribution is 2.08. The molecule has 0 aliphatic heterocycles. The second-order valence-electron chi connectivity index (χ2n) is 1.05. The molecule has 0 rings (SSSR count). The van der Waals surface area contributed by atoms with Crippen LogP contribution in [0.5, 0.6) is 0 Å². The lowest BCUT2D eigenvalue weighted by Gasteiger charge is -1.62. The molecule has 0 aromatic rings. The van der Waals surface area contributed by atoms with Crippen molar-refractivity contribution in [2.75, 3.05) is 0 Å². The van der Waals surface area contributed by atoms with E-state index < -0.39 is 0 Å². The maximum Gasteiger partial charge on any atom is 0.0291 e. The van der Waals surface area contributed by atoms with Crippen LogP contribution in [0.15, 0.2) is 23.6 Å². The van der Waals surface area contributed by atoms with Gasteiger partial charge >= 0.3 is 0 Å². The van der Waals surface area contributed by atoms with E-state index in [1.807, 2.05) is 0 Å². The molecule has 6 heavy (non-hydrogen) atoms. The summed E-state index contributed by atoms with van der Waals surface area (Å²) in [5.41, 5.74) is 4.32. The minimum Gasteiger partial charge on any atom is -0.105 e. The Morgan fingerprint density at radius 2 is 1.17 bits per heavy atom. The van der Waals surface area contributed by atoms with E-state index >= 15 is 0 Å². The van der Waals surface area contributed by atoms with Crippen molar-refractivity contribution in [3.63, 3.8) is 0 Å². The first-order valence-corrected chi connectivity index (χ1v) is 4.46. The van der Waals surface area contributed by atoms with Crippen molar-refractivity contribution < 1.29 is 0 Å². The van der Waals surface area contributed by atoms with Crippen molar-refractivity contribution >= 4 is 20.5 Å². The maximum absolute atomic E-state index is 2.16. The average Bonchev–Trinajstić information content (AvgIpc) is 1.61. The van der Waals surface area contributed by atoms with Crippen LogP contribution >= 0.6 is 0 Å². The van der Waals surface area contributed by atoms with Crippen molar-refractivity contribution in [1.82, 2.24) is 0 Å². The third-order valence-electron chi connectivity index (χ3n) is 0.496. The highest BCUT2D eigenvalue weighted by atomic mass is 28.1. The normalized spacial score (nSPS) is 12.7. The van der Waals surface area contributed by atoms with Gasteiger partial charge in [0, 0.05) is 20.5 Å². The summed E-state index contributed by atoms with van der Waals surface area (Å²) in [6, 6.07) is 0. The van der Waals surface area contributed by atoms with Crippen molar-refractivity contribution in [2.45, 2.75) is 0 Å². The molecule has 34 valence electrons. The first-order chi connectivity index (χ1) is 2.91. The largest absolute Gasteiger partial charge is 0.105 e. The summed E-state index contributed by atoms with van der Waals surface area (Å²) < 4.78 is 0.